The van der Waals surface area contributed by atoms with E-state index in [2.05, 4.69) is 10.2 Å². The van der Waals surface area contributed by atoms with Crippen LogP contribution in [0.1, 0.15) is 6.42 Å². The number of aliphatic hydroxyl groups excluding tert-OH is 1. The molecule has 1 aliphatic rings. The maximum Gasteiger partial charge on any atom is 0.264 e. The van der Waals surface area contributed by atoms with Crippen LogP contribution in [0.4, 0.5) is 5.82 Å². The Morgan fingerprint density at radius 3 is 3.00 bits per heavy atom. The minimum atomic E-state index is -0.270. The average molecular weight is 181 g/mol. The van der Waals surface area contributed by atoms with E-state index in [9.17, 15) is 9.90 Å². The molecule has 1 saturated heterocycles. The summed E-state index contributed by atoms with van der Waals surface area (Å²) in [7, 11) is 0. The summed E-state index contributed by atoms with van der Waals surface area (Å²) in [6.07, 6.45) is 0.495. The maximum atomic E-state index is 10.7. The van der Waals surface area contributed by atoms with Crippen LogP contribution in [-0.4, -0.2) is 34.5 Å². The molecule has 1 aliphatic heterocycles. The first-order chi connectivity index (χ1) is 6.25. The summed E-state index contributed by atoms with van der Waals surface area (Å²) < 4.78 is 0. The minimum Gasteiger partial charge on any atom is -0.391 e. The van der Waals surface area contributed by atoms with Gasteiger partial charge in [0.1, 0.15) is 5.82 Å². The Morgan fingerprint density at radius 2 is 2.46 bits per heavy atom. The quantitative estimate of drug-likeness (QED) is 0.603. The van der Waals surface area contributed by atoms with Crippen LogP contribution in [0.3, 0.4) is 0 Å². The SMILES string of the molecule is O=c1ccc(N2CC[C@H](O)C2)n[nH]1. The lowest BCUT2D eigenvalue weighted by Gasteiger charge is -2.14. The number of nitrogens with zero attached hydrogens (tertiary/aromatic N) is 2. The topological polar surface area (TPSA) is 69.2 Å². The highest BCUT2D eigenvalue weighted by atomic mass is 16.3. The Labute approximate surface area is 75.0 Å². The van der Waals surface area contributed by atoms with Gasteiger partial charge in [-0.05, 0) is 12.5 Å². The third-order valence-electron chi connectivity index (χ3n) is 2.15. The molecule has 0 spiro atoms. The first kappa shape index (κ1) is 8.25. The second-order valence-corrected chi connectivity index (χ2v) is 3.17. The lowest BCUT2D eigenvalue weighted by atomic mass is 10.3. The van der Waals surface area contributed by atoms with E-state index in [1.165, 1.54) is 6.07 Å². The van der Waals surface area contributed by atoms with Crippen molar-refractivity contribution in [3.05, 3.63) is 22.5 Å². The van der Waals surface area contributed by atoms with Crippen molar-refractivity contribution in [1.29, 1.82) is 0 Å². The normalized spacial score (nSPS) is 22.2. The van der Waals surface area contributed by atoms with Gasteiger partial charge in [-0.1, -0.05) is 0 Å². The van der Waals surface area contributed by atoms with Crippen molar-refractivity contribution in [3.63, 3.8) is 0 Å². The summed E-state index contributed by atoms with van der Waals surface area (Å²) in [4.78, 5) is 12.7. The van der Waals surface area contributed by atoms with Crippen molar-refractivity contribution in [3.8, 4) is 0 Å². The molecule has 0 radical (unpaired) electrons. The summed E-state index contributed by atoms with van der Waals surface area (Å²) in [6.45, 7) is 1.39. The lowest BCUT2D eigenvalue weighted by Crippen LogP contribution is -2.23. The fourth-order valence-electron chi connectivity index (χ4n) is 1.46. The summed E-state index contributed by atoms with van der Waals surface area (Å²) in [6, 6.07) is 3.10. The number of nitrogens with one attached hydrogen (secondary N) is 1. The van der Waals surface area contributed by atoms with Gasteiger partial charge in [-0.15, -0.1) is 0 Å². The molecule has 1 aromatic rings. The van der Waals surface area contributed by atoms with Crippen molar-refractivity contribution in [1.82, 2.24) is 10.2 Å². The van der Waals surface area contributed by atoms with E-state index in [-0.39, 0.29) is 11.7 Å². The highest BCUT2D eigenvalue weighted by molar-refractivity contribution is 5.37. The number of rotatable bonds is 1. The van der Waals surface area contributed by atoms with Crippen molar-refractivity contribution < 1.29 is 5.11 Å². The Morgan fingerprint density at radius 1 is 1.62 bits per heavy atom. The van der Waals surface area contributed by atoms with Crippen LogP contribution in [0.15, 0.2) is 16.9 Å². The zero-order valence-electron chi connectivity index (χ0n) is 7.10. The van der Waals surface area contributed by atoms with Gasteiger partial charge in [-0.3, -0.25) is 4.79 Å². The van der Waals surface area contributed by atoms with Gasteiger partial charge in [0.2, 0.25) is 0 Å². The first-order valence-electron chi connectivity index (χ1n) is 4.24. The molecule has 1 aromatic heterocycles. The molecule has 1 fully saturated rings. The number of hydrogen-bond donors (Lipinski definition) is 2. The fraction of sp³-hybridized carbons (Fsp3) is 0.500. The number of aromatic nitrogens is 2. The monoisotopic (exact) mass is 181 g/mol. The number of anilines is 1. The number of hydrogen-bond acceptors (Lipinski definition) is 4. The van der Waals surface area contributed by atoms with E-state index in [0.29, 0.717) is 6.54 Å². The van der Waals surface area contributed by atoms with E-state index in [1.54, 1.807) is 6.07 Å². The molecule has 0 unspecified atom stereocenters. The van der Waals surface area contributed by atoms with Crippen LogP contribution < -0.4 is 10.5 Å². The smallest absolute Gasteiger partial charge is 0.264 e. The van der Waals surface area contributed by atoms with Crippen LogP contribution in [-0.2, 0) is 0 Å². The van der Waals surface area contributed by atoms with Crippen LogP contribution in [0.2, 0.25) is 0 Å². The zero-order chi connectivity index (χ0) is 9.26. The lowest BCUT2D eigenvalue weighted by molar-refractivity contribution is 0.198. The summed E-state index contributed by atoms with van der Waals surface area (Å²) in [5, 5.41) is 15.5. The molecule has 13 heavy (non-hydrogen) atoms. The van der Waals surface area contributed by atoms with Gasteiger partial charge in [0.05, 0.1) is 6.10 Å². The van der Waals surface area contributed by atoms with Gasteiger partial charge in [-0.2, -0.15) is 5.10 Å². The van der Waals surface area contributed by atoms with Gasteiger partial charge in [0.25, 0.3) is 5.56 Å². The molecule has 0 aliphatic carbocycles. The van der Waals surface area contributed by atoms with Crippen LogP contribution in [0, 0.1) is 0 Å². The Bertz CT molecular complexity index is 329. The molecular weight excluding hydrogens is 170 g/mol. The van der Waals surface area contributed by atoms with Gasteiger partial charge >= 0.3 is 0 Å². The second-order valence-electron chi connectivity index (χ2n) is 3.17. The fourth-order valence-corrected chi connectivity index (χ4v) is 1.46. The number of β-amino-alcohol motifs (C(OH)–C–C–N with tert-alkyl or cyclic N) is 1. The predicted molar refractivity (Wildman–Crippen MR) is 47.7 cm³/mol. The molecule has 1 atom stereocenters. The van der Waals surface area contributed by atoms with E-state index in [0.717, 1.165) is 18.8 Å². The molecule has 0 aromatic carbocycles. The van der Waals surface area contributed by atoms with Gasteiger partial charge in [0.15, 0.2) is 0 Å². The Kier molecular flexibility index (Phi) is 2.02. The second kappa shape index (κ2) is 3.18. The van der Waals surface area contributed by atoms with Crippen molar-refractivity contribution in [2.24, 2.45) is 0 Å². The third-order valence-corrected chi connectivity index (χ3v) is 2.15. The molecular formula is C8H11N3O2. The van der Waals surface area contributed by atoms with Gasteiger partial charge < -0.3 is 10.0 Å². The molecule has 5 nitrogen and oxygen atoms in total. The zero-order valence-corrected chi connectivity index (χ0v) is 7.10. The van der Waals surface area contributed by atoms with E-state index < -0.39 is 0 Å². The van der Waals surface area contributed by atoms with Crippen LogP contribution in [0.25, 0.3) is 0 Å². The summed E-state index contributed by atoms with van der Waals surface area (Å²) in [5.41, 5.74) is -0.205. The van der Waals surface area contributed by atoms with Crippen LogP contribution >= 0.6 is 0 Å². The van der Waals surface area contributed by atoms with Crippen molar-refractivity contribution in [2.75, 3.05) is 18.0 Å². The van der Waals surface area contributed by atoms with Gasteiger partial charge in [-0.25, -0.2) is 5.10 Å². The van der Waals surface area contributed by atoms with Gasteiger partial charge in [0, 0.05) is 19.2 Å². The molecule has 5 heteroatoms. The maximum absolute atomic E-state index is 10.7. The Balaban J connectivity index is 2.17. The third kappa shape index (κ3) is 1.70. The minimum absolute atomic E-state index is 0.205. The summed E-state index contributed by atoms with van der Waals surface area (Å²) in [5.74, 6) is 0.719. The van der Waals surface area contributed by atoms with E-state index >= 15 is 0 Å². The number of aromatic amines is 1. The van der Waals surface area contributed by atoms with Crippen LogP contribution in [0.5, 0.6) is 0 Å². The molecule has 0 bridgehead atoms. The Hall–Kier alpha value is -1.36. The molecule has 0 amide bonds. The molecule has 2 rings (SSSR count). The van der Waals surface area contributed by atoms with Crippen molar-refractivity contribution in [2.45, 2.75) is 12.5 Å². The summed E-state index contributed by atoms with van der Waals surface area (Å²) >= 11 is 0. The number of H-pyrrole nitrogens is 1. The van der Waals surface area contributed by atoms with E-state index in [1.807, 2.05) is 4.90 Å². The van der Waals surface area contributed by atoms with E-state index in [4.69, 9.17) is 0 Å². The number of aliphatic hydroxyl groups is 1. The molecule has 0 saturated carbocycles. The van der Waals surface area contributed by atoms with Crippen molar-refractivity contribution >= 4 is 5.82 Å². The standard InChI is InChI=1S/C8H11N3O2/c12-6-3-4-11(5-6)7-1-2-8(13)10-9-7/h1-2,6,12H,3-5H2,(H,10,13)/t6-/m0/s1. The average Bonchev–Trinajstić information content (AvgIpc) is 2.53. The molecule has 2 heterocycles. The highest BCUT2D eigenvalue weighted by Crippen LogP contribution is 2.15. The molecule has 2 N–H and O–H groups in total. The first-order valence-corrected chi connectivity index (χ1v) is 4.24. The highest BCUT2D eigenvalue weighted by Gasteiger charge is 2.20. The predicted octanol–water partition coefficient (Wildman–Crippen LogP) is -0.659. The molecule has 70 valence electrons. The largest absolute Gasteiger partial charge is 0.391 e.